The number of aromatic nitrogens is 2. The minimum atomic E-state index is -5.12. The van der Waals surface area contributed by atoms with Crippen molar-refractivity contribution >= 4 is 44.6 Å². The Kier molecular flexibility index (Phi) is 13.8. The average molecular weight is 957 g/mol. The van der Waals surface area contributed by atoms with E-state index in [1.807, 2.05) is 26.8 Å². The highest BCUT2D eigenvalue weighted by atomic mass is 32.2. The number of rotatable bonds is 12. The SMILES string of the molecule is CC[C@@H]1C[C@H](C)CCC=C[C@@H]2C[C@@]2(C(=O)NS(=O)(=O)C2CC2)NC(=O)[C@@H]2C[C@@H](Oc3nc(-c4ccc(OC(C)C)cn4)cc4cc(OC)ccc34)CN2C(=O)[C@H]1N(C(=O)O)C(C)(C)C(F)(F)F. The maximum atomic E-state index is 15.4. The molecule has 3 fully saturated rings. The summed E-state index contributed by atoms with van der Waals surface area (Å²) in [5.74, 6) is -3.54. The third kappa shape index (κ3) is 10.3. The number of methoxy groups -OCH3 is 1. The maximum Gasteiger partial charge on any atom is 0.411 e. The van der Waals surface area contributed by atoms with Crippen LogP contribution in [0.4, 0.5) is 18.0 Å². The van der Waals surface area contributed by atoms with Crippen molar-refractivity contribution in [3.63, 3.8) is 0 Å². The van der Waals surface area contributed by atoms with Gasteiger partial charge in [-0.05, 0) is 120 Å². The standard InChI is InChI=1S/C47H59F3N6O10S/c1-8-28-19-27(4)11-9-10-12-30-23-46(30,43(59)54-67(62,63)34-15-16-34)53-40(57)38-22-33(25-55(38)42(58)39(28)56(44(60)61)45(5,6)47(48,49)50)66-41-35-17-13-31(64-7)20-29(35)21-37(52-41)36-18-14-32(24-51-36)65-26(2)3/h10,12-14,17-18,20-21,24,26-28,30,33-34,38-39H,8-9,11,15-16,19,22-23,25H2,1-7H3,(H,53,57)(H,54,59)(H,60,61)/t27-,28-,30-,33-,38+,39+,46-/m1/s1. The second-order valence-electron chi connectivity index (χ2n) is 19.0. The predicted octanol–water partition coefficient (Wildman–Crippen LogP) is 7.02. The first-order valence-electron chi connectivity index (χ1n) is 22.7. The Morgan fingerprint density at radius 2 is 1.78 bits per heavy atom. The normalized spacial score (nSPS) is 26.2. The van der Waals surface area contributed by atoms with Gasteiger partial charge in [-0.3, -0.25) is 29.0 Å². The van der Waals surface area contributed by atoms with E-state index in [4.69, 9.17) is 19.2 Å². The number of sulfonamides is 1. The van der Waals surface area contributed by atoms with E-state index in [1.54, 1.807) is 55.6 Å². The van der Waals surface area contributed by atoms with Gasteiger partial charge in [-0.15, -0.1) is 0 Å². The molecule has 364 valence electrons. The molecule has 20 heteroatoms. The lowest BCUT2D eigenvalue weighted by atomic mass is 9.82. The summed E-state index contributed by atoms with van der Waals surface area (Å²) in [6.45, 7) is 8.31. The number of nitrogens with zero attached hydrogens (tertiary/aromatic N) is 4. The second-order valence-corrected chi connectivity index (χ2v) is 21.0. The van der Waals surface area contributed by atoms with Gasteiger partial charge in [0.15, 0.2) is 0 Å². The van der Waals surface area contributed by atoms with E-state index >= 15 is 4.79 Å². The minimum absolute atomic E-state index is 0.0370. The van der Waals surface area contributed by atoms with Gasteiger partial charge >= 0.3 is 12.3 Å². The molecule has 2 saturated carbocycles. The van der Waals surface area contributed by atoms with Gasteiger partial charge in [0.1, 0.15) is 40.8 Å². The third-order valence-electron chi connectivity index (χ3n) is 13.4. The lowest BCUT2D eigenvalue weighted by Gasteiger charge is -2.46. The summed E-state index contributed by atoms with van der Waals surface area (Å²) in [5, 5.41) is 13.8. The molecule has 4 amide bonds. The molecule has 2 aliphatic heterocycles. The van der Waals surface area contributed by atoms with Crippen LogP contribution in [0.25, 0.3) is 22.2 Å². The molecule has 3 N–H and O–H groups in total. The van der Waals surface area contributed by atoms with Gasteiger partial charge < -0.3 is 29.5 Å². The smallest absolute Gasteiger partial charge is 0.411 e. The van der Waals surface area contributed by atoms with Crippen LogP contribution >= 0.6 is 0 Å². The number of carbonyl (C=O) groups excluding carboxylic acids is 3. The maximum absolute atomic E-state index is 15.4. The van der Waals surface area contributed by atoms with Gasteiger partial charge in [-0.1, -0.05) is 32.4 Å². The Morgan fingerprint density at radius 1 is 1.06 bits per heavy atom. The Hall–Kier alpha value is -5.66. The molecule has 7 rings (SSSR count). The molecule has 1 aromatic carbocycles. The van der Waals surface area contributed by atoms with Gasteiger partial charge in [-0.25, -0.2) is 18.2 Å². The van der Waals surface area contributed by atoms with Crippen molar-refractivity contribution in [3.05, 3.63) is 54.7 Å². The zero-order valence-corrected chi connectivity index (χ0v) is 39.4. The number of amides is 4. The fourth-order valence-corrected chi connectivity index (χ4v) is 10.6. The molecule has 4 aliphatic rings. The van der Waals surface area contributed by atoms with Crippen LogP contribution in [0.2, 0.25) is 0 Å². The molecule has 2 aromatic heterocycles. The summed E-state index contributed by atoms with van der Waals surface area (Å²) in [4.78, 5) is 68.0. The molecular weight excluding hydrogens is 898 g/mol. The van der Waals surface area contributed by atoms with E-state index < -0.39 is 92.9 Å². The third-order valence-corrected chi connectivity index (χ3v) is 15.2. The summed E-state index contributed by atoms with van der Waals surface area (Å²) in [5.41, 5.74) is -3.98. The van der Waals surface area contributed by atoms with Crippen LogP contribution < -0.4 is 24.2 Å². The van der Waals surface area contributed by atoms with Crippen molar-refractivity contribution in [2.75, 3.05) is 13.7 Å². The number of ether oxygens (including phenoxy) is 3. The summed E-state index contributed by atoms with van der Waals surface area (Å²) < 4.78 is 91.0. The molecule has 4 heterocycles. The van der Waals surface area contributed by atoms with Crippen molar-refractivity contribution < 1.29 is 60.1 Å². The van der Waals surface area contributed by atoms with E-state index in [0.717, 1.165) is 4.90 Å². The van der Waals surface area contributed by atoms with Crippen molar-refractivity contribution in [3.8, 4) is 28.8 Å². The van der Waals surface area contributed by atoms with Crippen LogP contribution in [0.3, 0.4) is 0 Å². The molecule has 7 atom stereocenters. The molecule has 67 heavy (non-hydrogen) atoms. The molecule has 16 nitrogen and oxygen atoms in total. The van der Waals surface area contributed by atoms with Gasteiger partial charge in [0, 0.05) is 17.7 Å². The van der Waals surface area contributed by atoms with Gasteiger partial charge in [0.2, 0.25) is 27.7 Å². The van der Waals surface area contributed by atoms with Crippen LogP contribution in [0.5, 0.6) is 17.4 Å². The number of nitrogens with one attached hydrogen (secondary N) is 2. The average Bonchev–Trinajstić information content (AvgIpc) is 4.19. The molecule has 3 aromatic rings. The van der Waals surface area contributed by atoms with Crippen molar-refractivity contribution in [1.29, 1.82) is 0 Å². The molecule has 0 unspecified atom stereocenters. The fraction of sp³-hybridized carbons (Fsp3) is 0.574. The van der Waals surface area contributed by atoms with E-state index in [9.17, 15) is 41.1 Å². The zero-order chi connectivity index (χ0) is 48.8. The molecular formula is C47H59F3N6O10S. The van der Waals surface area contributed by atoms with Crippen LogP contribution in [-0.2, 0) is 24.4 Å². The topological polar surface area (TPSA) is 207 Å². The quantitative estimate of drug-likeness (QED) is 0.157. The minimum Gasteiger partial charge on any atom is -0.497 e. The fourth-order valence-electron chi connectivity index (χ4n) is 9.26. The largest absolute Gasteiger partial charge is 0.497 e. The number of hydrogen-bond donors (Lipinski definition) is 3. The van der Waals surface area contributed by atoms with E-state index in [1.165, 1.54) is 7.11 Å². The first kappa shape index (κ1) is 49.3. The molecule has 0 bridgehead atoms. The predicted molar refractivity (Wildman–Crippen MR) is 241 cm³/mol. The number of fused-ring (bicyclic) bond motifs is 3. The number of pyridine rings is 2. The monoisotopic (exact) mass is 956 g/mol. The number of carbonyl (C=O) groups is 4. The van der Waals surface area contributed by atoms with E-state index in [0.29, 0.717) is 73.2 Å². The van der Waals surface area contributed by atoms with Crippen molar-refractivity contribution in [1.82, 2.24) is 29.8 Å². The Bertz CT molecular complexity index is 2520. The van der Waals surface area contributed by atoms with Crippen LogP contribution in [0.1, 0.15) is 92.9 Å². The highest BCUT2D eigenvalue weighted by Gasteiger charge is 2.63. The molecule has 2 aliphatic carbocycles. The van der Waals surface area contributed by atoms with Gasteiger partial charge in [0.05, 0.1) is 42.6 Å². The van der Waals surface area contributed by atoms with Gasteiger partial charge in [0.25, 0.3) is 5.91 Å². The Morgan fingerprint density at radius 3 is 2.39 bits per heavy atom. The van der Waals surface area contributed by atoms with Gasteiger partial charge in [-0.2, -0.15) is 13.2 Å². The van der Waals surface area contributed by atoms with Crippen LogP contribution in [0, 0.1) is 17.8 Å². The Balaban J connectivity index is 1.32. The highest BCUT2D eigenvalue weighted by molar-refractivity contribution is 7.91. The number of alkyl halides is 3. The number of allylic oxidation sites excluding steroid dienone is 1. The van der Waals surface area contributed by atoms with E-state index in [-0.39, 0.29) is 48.5 Å². The lowest BCUT2D eigenvalue weighted by molar-refractivity contribution is -0.222. The highest BCUT2D eigenvalue weighted by Crippen LogP contribution is 2.47. The second kappa shape index (κ2) is 18.8. The molecule has 1 saturated heterocycles. The summed E-state index contributed by atoms with van der Waals surface area (Å²) >= 11 is 0. The first-order chi connectivity index (χ1) is 31.5. The summed E-state index contributed by atoms with van der Waals surface area (Å²) in [6, 6.07) is 6.95. The number of halogens is 3. The van der Waals surface area contributed by atoms with Crippen LogP contribution in [0.15, 0.2) is 54.7 Å². The van der Waals surface area contributed by atoms with Crippen LogP contribution in [-0.4, -0.2) is 118 Å². The molecule has 0 radical (unpaired) electrons. The summed E-state index contributed by atoms with van der Waals surface area (Å²) in [7, 11) is -2.55. The van der Waals surface area contributed by atoms with E-state index in [2.05, 4.69) is 15.0 Å². The number of carboxylic acid groups (broad SMARTS) is 1. The number of benzene rings is 1. The van der Waals surface area contributed by atoms with Crippen molar-refractivity contribution in [2.24, 2.45) is 17.8 Å². The van der Waals surface area contributed by atoms with Crippen molar-refractivity contribution in [2.45, 2.75) is 140 Å². The lowest BCUT2D eigenvalue weighted by Crippen LogP contribution is -2.66. The summed E-state index contributed by atoms with van der Waals surface area (Å²) in [6.07, 6.45) is -1.40. The Labute approximate surface area is 388 Å². The number of hydrogen-bond acceptors (Lipinski definition) is 11. The zero-order valence-electron chi connectivity index (χ0n) is 38.6. The first-order valence-corrected chi connectivity index (χ1v) is 24.3. The molecule has 0 spiro atoms.